The molecule has 0 bridgehead atoms. The van der Waals surface area contributed by atoms with E-state index in [2.05, 4.69) is 10.3 Å². The van der Waals surface area contributed by atoms with E-state index in [1.165, 1.54) is 16.7 Å². The molecule has 0 unspecified atom stereocenters. The third-order valence-corrected chi connectivity index (χ3v) is 5.61. The molecule has 0 radical (unpaired) electrons. The second-order valence-corrected chi connectivity index (χ2v) is 8.17. The van der Waals surface area contributed by atoms with Gasteiger partial charge in [-0.2, -0.15) is 0 Å². The number of halogens is 3. The molecule has 1 aliphatic heterocycles. The zero-order chi connectivity index (χ0) is 19.6. The van der Waals surface area contributed by atoms with E-state index >= 15 is 0 Å². The van der Waals surface area contributed by atoms with Crippen molar-refractivity contribution in [1.82, 2.24) is 0 Å². The molecule has 140 valence electrons. The van der Waals surface area contributed by atoms with Crippen LogP contribution in [0.2, 0.25) is 15.1 Å². The Balaban J connectivity index is 1.73. The Morgan fingerprint density at radius 2 is 1.70 bits per heavy atom. The van der Waals surface area contributed by atoms with Gasteiger partial charge >= 0.3 is 0 Å². The molecule has 1 N–H and O–H groups in total. The highest BCUT2D eigenvalue weighted by Gasteiger charge is 2.40. The molecule has 1 heterocycles. The molecule has 1 aliphatic rings. The number of anilines is 2. The molecule has 0 spiro atoms. The molecule has 9 heteroatoms. The Morgan fingerprint density at radius 1 is 1.07 bits per heavy atom. The number of aliphatic imine (C=N–C) groups is 1. The van der Waals surface area contributed by atoms with E-state index in [0.29, 0.717) is 31.6 Å². The summed E-state index contributed by atoms with van der Waals surface area (Å²) in [6.45, 7) is 0. The van der Waals surface area contributed by atoms with Gasteiger partial charge in [0.05, 0.1) is 5.69 Å². The summed E-state index contributed by atoms with van der Waals surface area (Å²) < 4.78 is 0. The van der Waals surface area contributed by atoms with Gasteiger partial charge in [-0.1, -0.05) is 46.6 Å². The molecule has 1 atom stereocenters. The lowest BCUT2D eigenvalue weighted by atomic mass is 10.3. The van der Waals surface area contributed by atoms with E-state index in [1.807, 2.05) is 0 Å². The van der Waals surface area contributed by atoms with Gasteiger partial charge in [-0.15, -0.1) is 0 Å². The van der Waals surface area contributed by atoms with Gasteiger partial charge in [0.25, 0.3) is 0 Å². The third kappa shape index (κ3) is 4.76. The minimum Gasteiger partial charge on any atom is -0.335 e. The van der Waals surface area contributed by atoms with Crippen LogP contribution < -0.4 is 10.2 Å². The molecule has 27 heavy (non-hydrogen) atoms. The molecular formula is C18H14Cl3N3O2S. The number of amides is 2. The summed E-state index contributed by atoms with van der Waals surface area (Å²) in [4.78, 5) is 30.4. The van der Waals surface area contributed by atoms with Crippen molar-refractivity contribution in [3.05, 3.63) is 57.5 Å². The number of nitrogens with one attached hydrogen (secondary N) is 1. The fraction of sp³-hybridized carbons (Fsp3) is 0.167. The molecule has 2 amide bonds. The first-order valence-electron chi connectivity index (χ1n) is 7.86. The molecule has 2 aromatic carbocycles. The fourth-order valence-corrected chi connectivity index (χ4v) is 4.22. The monoisotopic (exact) mass is 441 g/mol. The van der Waals surface area contributed by atoms with Gasteiger partial charge in [0, 0.05) is 34.2 Å². The number of carbonyl (C=O) groups excluding carboxylic acids is 2. The number of rotatable bonds is 3. The number of hydrogen-bond acceptors (Lipinski definition) is 4. The quantitative estimate of drug-likeness (QED) is 0.408. The zero-order valence-electron chi connectivity index (χ0n) is 14.1. The minimum absolute atomic E-state index is 0.0864. The molecule has 2 aromatic rings. The second kappa shape index (κ2) is 8.52. The van der Waals surface area contributed by atoms with Crippen molar-refractivity contribution in [2.75, 3.05) is 17.3 Å². The van der Waals surface area contributed by atoms with Crippen LogP contribution in [0.1, 0.15) is 6.42 Å². The Labute approximate surface area is 175 Å². The van der Waals surface area contributed by atoms with Gasteiger partial charge in [-0.25, -0.2) is 4.90 Å². The van der Waals surface area contributed by atoms with E-state index in [4.69, 9.17) is 34.8 Å². The van der Waals surface area contributed by atoms with Crippen LogP contribution in [-0.2, 0) is 9.59 Å². The number of benzene rings is 2. The Morgan fingerprint density at radius 3 is 2.30 bits per heavy atom. The smallest absolute Gasteiger partial charge is 0.247 e. The van der Waals surface area contributed by atoms with Crippen LogP contribution >= 0.6 is 46.6 Å². The van der Waals surface area contributed by atoms with Crippen molar-refractivity contribution in [3.63, 3.8) is 0 Å². The maximum atomic E-state index is 12.7. The average Bonchev–Trinajstić information content (AvgIpc) is 2.88. The number of hydrogen-bond donors (Lipinski definition) is 1. The predicted octanol–water partition coefficient (Wildman–Crippen LogP) is 5.11. The van der Waals surface area contributed by atoms with Gasteiger partial charge in [0.15, 0.2) is 5.17 Å². The van der Waals surface area contributed by atoms with Crippen LogP contribution in [0.15, 0.2) is 47.5 Å². The van der Waals surface area contributed by atoms with E-state index < -0.39 is 5.25 Å². The number of carbonyl (C=O) groups is 2. The highest BCUT2D eigenvalue weighted by atomic mass is 35.5. The Kier molecular flexibility index (Phi) is 6.32. The lowest BCUT2D eigenvalue weighted by Gasteiger charge is -2.16. The summed E-state index contributed by atoms with van der Waals surface area (Å²) >= 11 is 19.1. The summed E-state index contributed by atoms with van der Waals surface area (Å²) in [5.74, 6) is -0.555. The summed E-state index contributed by atoms with van der Waals surface area (Å²) in [6, 6.07) is 11.6. The molecule has 0 aromatic heterocycles. The van der Waals surface area contributed by atoms with Crippen molar-refractivity contribution < 1.29 is 9.59 Å². The second-order valence-electron chi connectivity index (χ2n) is 5.67. The van der Waals surface area contributed by atoms with Crippen LogP contribution in [0, 0.1) is 0 Å². The Bertz CT molecular complexity index is 898. The largest absolute Gasteiger partial charge is 0.335 e. The SMILES string of the molecule is CN=C(Nc1cc(Cl)cc(Cl)c1)S[C@H]1CC(=O)N(c2ccc(Cl)cc2)C1=O. The maximum absolute atomic E-state index is 12.7. The number of imide groups is 1. The molecular weight excluding hydrogens is 429 g/mol. The van der Waals surface area contributed by atoms with E-state index in [9.17, 15) is 9.59 Å². The predicted molar refractivity (Wildman–Crippen MR) is 113 cm³/mol. The lowest BCUT2D eigenvalue weighted by molar-refractivity contribution is -0.121. The Hall–Kier alpha value is -1.73. The first-order valence-corrected chi connectivity index (χ1v) is 9.87. The van der Waals surface area contributed by atoms with Gasteiger partial charge in [0.1, 0.15) is 5.25 Å². The van der Waals surface area contributed by atoms with Crippen LogP contribution in [0.4, 0.5) is 11.4 Å². The number of nitrogens with zero attached hydrogens (tertiary/aromatic N) is 2. The normalized spacial score (nSPS) is 17.6. The van der Waals surface area contributed by atoms with Crippen molar-refractivity contribution in [1.29, 1.82) is 0 Å². The zero-order valence-corrected chi connectivity index (χ0v) is 17.2. The molecule has 5 nitrogen and oxygen atoms in total. The van der Waals surface area contributed by atoms with Gasteiger partial charge in [-0.05, 0) is 42.5 Å². The number of thioether (sulfide) groups is 1. The number of amidine groups is 1. The van der Waals surface area contributed by atoms with E-state index in [1.54, 1.807) is 49.5 Å². The first-order chi connectivity index (χ1) is 12.9. The van der Waals surface area contributed by atoms with Gasteiger partial charge in [-0.3, -0.25) is 14.6 Å². The van der Waals surface area contributed by atoms with Crippen molar-refractivity contribution in [2.45, 2.75) is 11.7 Å². The van der Waals surface area contributed by atoms with Crippen LogP contribution in [0.25, 0.3) is 0 Å². The van der Waals surface area contributed by atoms with Crippen molar-refractivity contribution in [3.8, 4) is 0 Å². The molecule has 1 fully saturated rings. The van der Waals surface area contributed by atoms with Gasteiger partial charge in [0.2, 0.25) is 11.8 Å². The average molecular weight is 443 g/mol. The van der Waals surface area contributed by atoms with E-state index in [-0.39, 0.29) is 18.2 Å². The molecule has 0 aliphatic carbocycles. The molecule has 1 saturated heterocycles. The summed E-state index contributed by atoms with van der Waals surface area (Å²) in [5.41, 5.74) is 1.15. The topological polar surface area (TPSA) is 61.8 Å². The summed E-state index contributed by atoms with van der Waals surface area (Å²) in [7, 11) is 1.60. The molecule has 0 saturated carbocycles. The highest BCUT2D eigenvalue weighted by molar-refractivity contribution is 8.15. The van der Waals surface area contributed by atoms with Gasteiger partial charge < -0.3 is 5.32 Å². The summed E-state index contributed by atoms with van der Waals surface area (Å²) in [6.07, 6.45) is 0.0864. The first kappa shape index (κ1) is 20.0. The van der Waals surface area contributed by atoms with Crippen molar-refractivity contribution >= 4 is 74.9 Å². The highest BCUT2D eigenvalue weighted by Crippen LogP contribution is 2.32. The summed E-state index contributed by atoms with van der Waals surface area (Å²) in [5, 5.41) is 4.48. The van der Waals surface area contributed by atoms with E-state index in [0.717, 1.165) is 0 Å². The standard InChI is InChI=1S/C18H14Cl3N3O2S/c1-22-18(23-13-7-11(20)6-12(21)8-13)27-15-9-16(25)24(17(15)26)14-4-2-10(19)3-5-14/h2-8,15H,9H2,1H3,(H,22,23)/t15-/m0/s1. The van der Waals surface area contributed by atoms with Crippen molar-refractivity contribution in [2.24, 2.45) is 4.99 Å². The van der Waals surface area contributed by atoms with Crippen LogP contribution in [0.5, 0.6) is 0 Å². The maximum Gasteiger partial charge on any atom is 0.247 e. The fourth-order valence-electron chi connectivity index (χ4n) is 2.58. The third-order valence-electron chi connectivity index (χ3n) is 3.76. The lowest BCUT2D eigenvalue weighted by Crippen LogP contribution is -2.31. The minimum atomic E-state index is -0.575. The molecule has 3 rings (SSSR count). The van der Waals surface area contributed by atoms with Crippen LogP contribution in [-0.4, -0.2) is 29.3 Å². The van der Waals surface area contributed by atoms with Crippen LogP contribution in [0.3, 0.4) is 0 Å².